The number of ether oxygens (including phenoxy) is 3. The zero-order valence-corrected chi connectivity index (χ0v) is 11.3. The van der Waals surface area contributed by atoms with Crippen molar-refractivity contribution in [3.05, 3.63) is 0 Å². The second kappa shape index (κ2) is 8.83. The van der Waals surface area contributed by atoms with E-state index in [1.54, 1.807) is 14.2 Å². The van der Waals surface area contributed by atoms with Crippen LogP contribution in [0.4, 0.5) is 0 Å². The SMILES string of the molecule is COCCN(CC1COCCN1)C(C)COC. The maximum atomic E-state index is 5.48. The number of nitrogens with one attached hydrogen (secondary N) is 1. The fourth-order valence-electron chi connectivity index (χ4n) is 2.07. The molecule has 0 radical (unpaired) electrons. The highest BCUT2D eigenvalue weighted by Gasteiger charge is 2.20. The molecule has 0 aliphatic carbocycles. The van der Waals surface area contributed by atoms with Crippen LogP contribution in [0.2, 0.25) is 0 Å². The number of morpholine rings is 1. The summed E-state index contributed by atoms with van der Waals surface area (Å²) in [6.45, 7) is 8.15. The Morgan fingerprint density at radius 2 is 2.24 bits per heavy atom. The topological polar surface area (TPSA) is 43.0 Å². The van der Waals surface area contributed by atoms with Crippen LogP contribution in [0.15, 0.2) is 0 Å². The summed E-state index contributed by atoms with van der Waals surface area (Å²) >= 11 is 0. The van der Waals surface area contributed by atoms with Crippen molar-refractivity contribution in [2.75, 3.05) is 60.3 Å². The normalized spacial score (nSPS) is 22.9. The molecule has 2 unspecified atom stereocenters. The molecule has 0 aromatic rings. The van der Waals surface area contributed by atoms with E-state index in [0.29, 0.717) is 12.1 Å². The van der Waals surface area contributed by atoms with Crippen LogP contribution < -0.4 is 5.32 Å². The maximum absolute atomic E-state index is 5.48. The molecule has 1 heterocycles. The predicted molar refractivity (Wildman–Crippen MR) is 67.4 cm³/mol. The van der Waals surface area contributed by atoms with Gasteiger partial charge in [-0.3, -0.25) is 4.90 Å². The summed E-state index contributed by atoms with van der Waals surface area (Å²) in [6, 6.07) is 0.818. The first-order valence-electron chi connectivity index (χ1n) is 6.31. The molecule has 102 valence electrons. The molecule has 0 aromatic heterocycles. The van der Waals surface area contributed by atoms with Gasteiger partial charge in [-0.15, -0.1) is 0 Å². The Balaban J connectivity index is 2.37. The number of hydrogen-bond acceptors (Lipinski definition) is 5. The smallest absolute Gasteiger partial charge is 0.0632 e. The van der Waals surface area contributed by atoms with Gasteiger partial charge in [-0.25, -0.2) is 0 Å². The fourth-order valence-corrected chi connectivity index (χ4v) is 2.07. The van der Waals surface area contributed by atoms with E-state index in [1.165, 1.54) is 0 Å². The molecule has 0 spiro atoms. The van der Waals surface area contributed by atoms with Gasteiger partial charge in [0.15, 0.2) is 0 Å². The minimum absolute atomic E-state index is 0.402. The van der Waals surface area contributed by atoms with Gasteiger partial charge in [0, 0.05) is 45.9 Å². The first kappa shape index (κ1) is 14.9. The first-order chi connectivity index (χ1) is 8.27. The van der Waals surface area contributed by atoms with Crippen molar-refractivity contribution < 1.29 is 14.2 Å². The standard InChI is InChI=1S/C12H26N2O3/c1-11(9-16-3)14(5-7-15-2)8-12-10-17-6-4-13-12/h11-13H,4-10H2,1-3H3. The Bertz CT molecular complexity index is 187. The van der Waals surface area contributed by atoms with E-state index in [1.807, 2.05) is 0 Å². The molecule has 0 aromatic carbocycles. The minimum Gasteiger partial charge on any atom is -0.383 e. The Morgan fingerprint density at radius 1 is 1.41 bits per heavy atom. The fraction of sp³-hybridized carbons (Fsp3) is 1.00. The summed E-state index contributed by atoms with van der Waals surface area (Å²) in [7, 11) is 3.48. The van der Waals surface area contributed by atoms with Gasteiger partial charge in [0.1, 0.15) is 0 Å². The highest BCUT2D eigenvalue weighted by molar-refractivity contribution is 4.77. The quantitative estimate of drug-likeness (QED) is 0.651. The van der Waals surface area contributed by atoms with E-state index < -0.39 is 0 Å². The molecule has 1 rings (SSSR count). The predicted octanol–water partition coefficient (Wildman–Crippen LogP) is -0.0419. The zero-order valence-electron chi connectivity index (χ0n) is 11.3. The molecule has 1 aliphatic rings. The number of methoxy groups -OCH3 is 2. The van der Waals surface area contributed by atoms with Crippen LogP contribution in [-0.4, -0.2) is 77.3 Å². The average molecular weight is 246 g/mol. The molecular weight excluding hydrogens is 220 g/mol. The van der Waals surface area contributed by atoms with Crippen molar-refractivity contribution in [3.8, 4) is 0 Å². The Morgan fingerprint density at radius 3 is 2.82 bits per heavy atom. The minimum atomic E-state index is 0.402. The van der Waals surface area contributed by atoms with Crippen molar-refractivity contribution in [1.82, 2.24) is 10.2 Å². The Labute approximate surface area is 104 Å². The largest absolute Gasteiger partial charge is 0.383 e. The molecule has 1 aliphatic heterocycles. The molecule has 0 saturated carbocycles. The summed E-state index contributed by atoms with van der Waals surface area (Å²) in [4.78, 5) is 2.39. The lowest BCUT2D eigenvalue weighted by Crippen LogP contribution is -2.51. The lowest BCUT2D eigenvalue weighted by Gasteiger charge is -2.34. The van der Waals surface area contributed by atoms with Gasteiger partial charge >= 0.3 is 0 Å². The van der Waals surface area contributed by atoms with Crippen molar-refractivity contribution in [2.45, 2.75) is 19.0 Å². The summed E-state index contributed by atoms with van der Waals surface area (Å²) < 4.78 is 15.9. The Kier molecular flexibility index (Phi) is 7.72. The molecule has 5 nitrogen and oxygen atoms in total. The van der Waals surface area contributed by atoms with E-state index in [2.05, 4.69) is 17.1 Å². The highest BCUT2D eigenvalue weighted by Crippen LogP contribution is 2.04. The molecule has 2 atom stereocenters. The number of rotatable bonds is 8. The van der Waals surface area contributed by atoms with E-state index in [9.17, 15) is 0 Å². The third-order valence-corrected chi connectivity index (χ3v) is 3.07. The van der Waals surface area contributed by atoms with Crippen molar-refractivity contribution >= 4 is 0 Å². The van der Waals surface area contributed by atoms with Crippen molar-refractivity contribution in [2.24, 2.45) is 0 Å². The molecule has 5 heteroatoms. The second-order valence-corrected chi connectivity index (χ2v) is 4.52. The van der Waals surface area contributed by atoms with Gasteiger partial charge in [0.25, 0.3) is 0 Å². The molecule has 0 amide bonds. The van der Waals surface area contributed by atoms with Gasteiger partial charge in [0.05, 0.1) is 26.4 Å². The molecule has 1 N–H and O–H groups in total. The average Bonchev–Trinajstić information content (AvgIpc) is 2.36. The van der Waals surface area contributed by atoms with Gasteiger partial charge in [0.2, 0.25) is 0 Å². The van der Waals surface area contributed by atoms with Gasteiger partial charge in [-0.2, -0.15) is 0 Å². The van der Waals surface area contributed by atoms with E-state index in [4.69, 9.17) is 14.2 Å². The third kappa shape index (κ3) is 5.79. The summed E-state index contributed by atoms with van der Waals surface area (Å²) in [5.41, 5.74) is 0. The lowest BCUT2D eigenvalue weighted by atomic mass is 10.2. The first-order valence-corrected chi connectivity index (χ1v) is 6.31. The number of nitrogens with zero attached hydrogens (tertiary/aromatic N) is 1. The van der Waals surface area contributed by atoms with E-state index in [-0.39, 0.29) is 0 Å². The van der Waals surface area contributed by atoms with Crippen LogP contribution in [-0.2, 0) is 14.2 Å². The van der Waals surface area contributed by atoms with Gasteiger partial charge in [-0.1, -0.05) is 0 Å². The second-order valence-electron chi connectivity index (χ2n) is 4.52. The van der Waals surface area contributed by atoms with Gasteiger partial charge in [-0.05, 0) is 6.92 Å². The lowest BCUT2D eigenvalue weighted by molar-refractivity contribution is 0.0329. The van der Waals surface area contributed by atoms with Crippen LogP contribution in [0.1, 0.15) is 6.92 Å². The van der Waals surface area contributed by atoms with Gasteiger partial charge < -0.3 is 19.5 Å². The molecule has 1 saturated heterocycles. The monoisotopic (exact) mass is 246 g/mol. The van der Waals surface area contributed by atoms with Crippen LogP contribution in [0.5, 0.6) is 0 Å². The van der Waals surface area contributed by atoms with Crippen LogP contribution in [0, 0.1) is 0 Å². The van der Waals surface area contributed by atoms with Crippen molar-refractivity contribution in [3.63, 3.8) is 0 Å². The maximum Gasteiger partial charge on any atom is 0.0632 e. The third-order valence-electron chi connectivity index (χ3n) is 3.07. The van der Waals surface area contributed by atoms with Crippen LogP contribution in [0.3, 0.4) is 0 Å². The highest BCUT2D eigenvalue weighted by atomic mass is 16.5. The number of hydrogen-bond donors (Lipinski definition) is 1. The Hall–Kier alpha value is -0.200. The zero-order chi connectivity index (χ0) is 12.5. The van der Waals surface area contributed by atoms with Crippen molar-refractivity contribution in [1.29, 1.82) is 0 Å². The molecule has 0 bridgehead atoms. The molecular formula is C12H26N2O3. The summed E-state index contributed by atoms with van der Waals surface area (Å²) in [5.74, 6) is 0. The van der Waals surface area contributed by atoms with E-state index in [0.717, 1.165) is 46.1 Å². The molecule has 17 heavy (non-hydrogen) atoms. The summed E-state index contributed by atoms with van der Waals surface area (Å²) in [5, 5.41) is 3.47. The van der Waals surface area contributed by atoms with Crippen LogP contribution >= 0.6 is 0 Å². The van der Waals surface area contributed by atoms with Crippen LogP contribution in [0.25, 0.3) is 0 Å². The molecule has 1 fully saturated rings. The summed E-state index contributed by atoms with van der Waals surface area (Å²) in [6.07, 6.45) is 0. The van der Waals surface area contributed by atoms with E-state index >= 15 is 0 Å².